The Labute approximate surface area is 78.9 Å². The molecule has 0 N–H and O–H groups in total. The zero-order valence-corrected chi connectivity index (χ0v) is 7.30. The van der Waals surface area contributed by atoms with E-state index in [0.717, 1.165) is 0 Å². The lowest BCUT2D eigenvalue weighted by Gasteiger charge is -2.26. The molecule has 0 aliphatic heterocycles. The van der Waals surface area contributed by atoms with E-state index in [1.165, 1.54) is 0 Å². The Hall–Kier alpha value is -0.580. The van der Waals surface area contributed by atoms with E-state index < -0.39 is 27.5 Å². The van der Waals surface area contributed by atoms with E-state index in [1.54, 1.807) is 0 Å². The van der Waals surface area contributed by atoms with Gasteiger partial charge >= 0.3 is 27.5 Å². The molecular formula is C4H2F7O3S. The average molecular weight is 263 g/mol. The molecule has 0 bridgehead atoms. The first-order chi connectivity index (χ1) is 6.31. The van der Waals surface area contributed by atoms with Crippen molar-refractivity contribution in [3.8, 4) is 0 Å². The summed E-state index contributed by atoms with van der Waals surface area (Å²) < 4.78 is 106. The molecule has 0 saturated heterocycles. The minimum Gasteiger partial charge on any atom is -0.263 e. The van der Waals surface area contributed by atoms with Gasteiger partial charge in [0.1, 0.15) is 0 Å². The van der Waals surface area contributed by atoms with E-state index in [1.807, 2.05) is 7.11 Å². The van der Waals surface area contributed by atoms with Crippen LogP contribution in [0.2, 0.25) is 0 Å². The third-order valence-corrected chi connectivity index (χ3v) is 2.39. The standard InChI is InChI=1S/C4H2F7O3S/c1-14-15(12,13)4(10,11)2(5,6)3(7,8)9/h1H2. The maximum atomic E-state index is 12.3. The van der Waals surface area contributed by atoms with Gasteiger partial charge in [0.05, 0.1) is 7.11 Å². The van der Waals surface area contributed by atoms with Gasteiger partial charge in [0.25, 0.3) is 0 Å². The lowest BCUT2D eigenvalue weighted by atomic mass is 10.3. The first-order valence-electron chi connectivity index (χ1n) is 2.82. The monoisotopic (exact) mass is 263 g/mol. The fourth-order valence-corrected chi connectivity index (χ4v) is 0.974. The Balaban J connectivity index is 5.60. The SMILES string of the molecule is [CH2]OS(=O)(=O)C(F)(F)C(F)(F)C(F)(F)F. The molecule has 15 heavy (non-hydrogen) atoms. The van der Waals surface area contributed by atoms with Gasteiger partial charge in [-0.05, 0) is 0 Å². The van der Waals surface area contributed by atoms with Gasteiger partial charge in [0.2, 0.25) is 0 Å². The summed E-state index contributed by atoms with van der Waals surface area (Å²) in [6.07, 6.45) is -6.73. The third-order valence-electron chi connectivity index (χ3n) is 1.19. The van der Waals surface area contributed by atoms with Crippen LogP contribution >= 0.6 is 0 Å². The molecule has 0 spiro atoms. The van der Waals surface area contributed by atoms with Crippen molar-refractivity contribution >= 4 is 10.1 Å². The summed E-state index contributed by atoms with van der Waals surface area (Å²) in [5.41, 5.74) is 0. The first-order valence-corrected chi connectivity index (χ1v) is 4.22. The summed E-state index contributed by atoms with van der Waals surface area (Å²) in [5.74, 6) is -6.77. The van der Waals surface area contributed by atoms with Gasteiger partial charge in [-0.2, -0.15) is 39.2 Å². The van der Waals surface area contributed by atoms with Crippen LogP contribution in [0.3, 0.4) is 0 Å². The van der Waals surface area contributed by atoms with E-state index in [0.29, 0.717) is 0 Å². The highest BCUT2D eigenvalue weighted by molar-refractivity contribution is 7.87. The number of alkyl halides is 7. The van der Waals surface area contributed by atoms with Gasteiger partial charge < -0.3 is 0 Å². The molecule has 91 valence electrons. The van der Waals surface area contributed by atoms with Crippen molar-refractivity contribution in [3.63, 3.8) is 0 Å². The molecule has 0 unspecified atom stereocenters. The molecule has 0 aromatic heterocycles. The summed E-state index contributed by atoms with van der Waals surface area (Å²) in [6.45, 7) is 0. The normalized spacial score (nSPS) is 15.5. The molecule has 0 fully saturated rings. The van der Waals surface area contributed by atoms with Crippen LogP contribution in [0.1, 0.15) is 0 Å². The van der Waals surface area contributed by atoms with Crippen molar-refractivity contribution in [2.75, 3.05) is 0 Å². The summed E-state index contributed by atoms with van der Waals surface area (Å²) in [7, 11) is -4.60. The van der Waals surface area contributed by atoms with Crippen LogP contribution in [-0.4, -0.2) is 25.8 Å². The number of rotatable bonds is 3. The van der Waals surface area contributed by atoms with Crippen LogP contribution in [0.15, 0.2) is 0 Å². The average Bonchev–Trinajstić information content (AvgIpc) is 2.01. The second-order valence-corrected chi connectivity index (χ2v) is 3.82. The zero-order valence-electron chi connectivity index (χ0n) is 6.49. The van der Waals surface area contributed by atoms with Gasteiger partial charge in [-0.15, -0.1) is 0 Å². The van der Waals surface area contributed by atoms with Gasteiger partial charge in [-0.3, -0.25) is 4.18 Å². The molecule has 0 rings (SSSR count). The molecular weight excluding hydrogens is 261 g/mol. The molecule has 0 heterocycles. The van der Waals surface area contributed by atoms with Crippen LogP contribution < -0.4 is 0 Å². The van der Waals surface area contributed by atoms with Crippen molar-refractivity contribution < 1.29 is 43.3 Å². The molecule has 0 saturated carbocycles. The molecule has 0 aromatic rings. The van der Waals surface area contributed by atoms with Crippen molar-refractivity contribution in [2.45, 2.75) is 17.4 Å². The summed E-state index contributed by atoms with van der Waals surface area (Å²) in [4.78, 5) is 0. The highest BCUT2D eigenvalue weighted by Gasteiger charge is 2.79. The Morgan fingerprint density at radius 2 is 1.27 bits per heavy atom. The second kappa shape index (κ2) is 3.47. The predicted octanol–water partition coefficient (Wildman–Crippen LogP) is 1.91. The fourth-order valence-electron chi connectivity index (χ4n) is 0.396. The minimum absolute atomic E-state index is 1.85. The Kier molecular flexibility index (Phi) is 3.34. The molecule has 0 aromatic carbocycles. The molecule has 0 aliphatic rings. The second-order valence-electron chi connectivity index (χ2n) is 2.16. The Morgan fingerprint density at radius 1 is 0.933 bits per heavy atom. The lowest BCUT2D eigenvalue weighted by molar-refractivity contribution is -0.333. The van der Waals surface area contributed by atoms with Crippen molar-refractivity contribution in [2.24, 2.45) is 0 Å². The van der Waals surface area contributed by atoms with E-state index in [9.17, 15) is 39.2 Å². The van der Waals surface area contributed by atoms with Crippen LogP contribution in [0.5, 0.6) is 0 Å². The molecule has 0 atom stereocenters. The van der Waals surface area contributed by atoms with E-state index >= 15 is 0 Å². The predicted molar refractivity (Wildman–Crippen MR) is 31.3 cm³/mol. The van der Waals surface area contributed by atoms with Crippen LogP contribution in [0, 0.1) is 7.11 Å². The van der Waals surface area contributed by atoms with E-state index in [2.05, 4.69) is 4.18 Å². The number of hydrogen-bond acceptors (Lipinski definition) is 3. The Morgan fingerprint density at radius 3 is 1.47 bits per heavy atom. The minimum atomic E-state index is -6.77. The smallest absolute Gasteiger partial charge is 0.263 e. The first kappa shape index (κ1) is 14.4. The molecule has 3 nitrogen and oxygen atoms in total. The lowest BCUT2D eigenvalue weighted by Crippen LogP contribution is -2.56. The summed E-state index contributed by atoms with van der Waals surface area (Å²) in [5, 5.41) is -6.44. The maximum absolute atomic E-state index is 12.3. The number of hydrogen-bond donors (Lipinski definition) is 0. The Bertz CT molecular complexity index is 329. The van der Waals surface area contributed by atoms with Gasteiger partial charge in [-0.1, -0.05) is 0 Å². The fraction of sp³-hybridized carbons (Fsp3) is 0.750. The van der Waals surface area contributed by atoms with E-state index in [-0.39, 0.29) is 0 Å². The topological polar surface area (TPSA) is 43.4 Å². The van der Waals surface area contributed by atoms with Gasteiger partial charge in [0.15, 0.2) is 0 Å². The van der Waals surface area contributed by atoms with Crippen LogP contribution in [-0.2, 0) is 14.3 Å². The molecule has 0 aliphatic carbocycles. The quantitative estimate of drug-likeness (QED) is 0.577. The van der Waals surface area contributed by atoms with Gasteiger partial charge in [-0.25, -0.2) is 0 Å². The molecule has 0 amide bonds. The van der Waals surface area contributed by atoms with Crippen LogP contribution in [0.25, 0.3) is 0 Å². The van der Waals surface area contributed by atoms with Crippen molar-refractivity contribution in [3.05, 3.63) is 7.11 Å². The zero-order chi connectivity index (χ0) is 12.7. The van der Waals surface area contributed by atoms with Crippen molar-refractivity contribution in [1.82, 2.24) is 0 Å². The third kappa shape index (κ3) is 2.02. The summed E-state index contributed by atoms with van der Waals surface area (Å²) in [6, 6.07) is 0. The maximum Gasteiger partial charge on any atom is 0.461 e. The number of halogens is 7. The van der Waals surface area contributed by atoms with Crippen molar-refractivity contribution in [1.29, 1.82) is 0 Å². The highest BCUT2D eigenvalue weighted by Crippen LogP contribution is 2.49. The molecule has 1 radical (unpaired) electrons. The van der Waals surface area contributed by atoms with Crippen LogP contribution in [0.4, 0.5) is 30.7 Å². The van der Waals surface area contributed by atoms with E-state index in [4.69, 9.17) is 0 Å². The van der Waals surface area contributed by atoms with Gasteiger partial charge in [0, 0.05) is 0 Å². The highest BCUT2D eigenvalue weighted by atomic mass is 32.2. The largest absolute Gasteiger partial charge is 0.461 e. The summed E-state index contributed by atoms with van der Waals surface area (Å²) >= 11 is 0. The molecule has 11 heteroatoms.